The highest BCUT2D eigenvalue weighted by Crippen LogP contribution is 2.29. The smallest absolute Gasteiger partial charge is 0.328 e. The molecule has 1 atom stereocenters. The molecule has 198 valence electrons. The van der Waals surface area contributed by atoms with Crippen LogP contribution in [0.1, 0.15) is 41.3 Å². The van der Waals surface area contributed by atoms with Gasteiger partial charge in [0.05, 0.1) is 24.4 Å². The Morgan fingerprint density at radius 1 is 1.16 bits per heavy atom. The molecule has 3 aromatic heterocycles. The molecule has 0 radical (unpaired) electrons. The van der Waals surface area contributed by atoms with Crippen LogP contribution in [0.3, 0.4) is 0 Å². The number of methoxy groups -OCH3 is 1. The van der Waals surface area contributed by atoms with Crippen LogP contribution in [0.15, 0.2) is 54.9 Å². The van der Waals surface area contributed by atoms with Gasteiger partial charge in [-0.1, -0.05) is 18.2 Å². The third kappa shape index (κ3) is 5.85. The van der Waals surface area contributed by atoms with Gasteiger partial charge in [-0.05, 0) is 62.2 Å². The third-order valence-electron chi connectivity index (χ3n) is 7.11. The Bertz CT molecular complexity index is 1470. The fourth-order valence-electron chi connectivity index (χ4n) is 5.08. The molecule has 1 fully saturated rings. The number of aliphatic carboxylic acids is 1. The number of hydrogen-bond acceptors (Lipinski definition) is 7. The second-order valence-electron chi connectivity index (χ2n) is 9.84. The van der Waals surface area contributed by atoms with Crippen molar-refractivity contribution < 1.29 is 19.7 Å². The molecule has 0 bridgehead atoms. The summed E-state index contributed by atoms with van der Waals surface area (Å²) in [6.45, 7) is 5.07. The summed E-state index contributed by atoms with van der Waals surface area (Å²) in [7, 11) is 1.55. The van der Waals surface area contributed by atoms with E-state index in [9.17, 15) is 9.90 Å². The molecule has 1 saturated heterocycles. The van der Waals surface area contributed by atoms with E-state index in [1.54, 1.807) is 19.3 Å². The van der Waals surface area contributed by atoms with Crippen molar-refractivity contribution in [2.75, 3.05) is 26.7 Å². The van der Waals surface area contributed by atoms with E-state index in [0.29, 0.717) is 29.5 Å². The summed E-state index contributed by atoms with van der Waals surface area (Å²) in [4.78, 5) is 22.6. The van der Waals surface area contributed by atoms with E-state index in [1.807, 2.05) is 24.3 Å². The topological polar surface area (TPSA) is 112 Å². The number of hydrogen-bond donors (Lipinski definition) is 3. The maximum Gasteiger partial charge on any atom is 0.328 e. The van der Waals surface area contributed by atoms with Gasteiger partial charge in [0.25, 0.3) is 0 Å². The predicted octanol–water partition coefficient (Wildman–Crippen LogP) is 3.58. The number of nitrogens with one attached hydrogen (secondary N) is 1. The molecular weight excluding hydrogens is 482 g/mol. The molecule has 3 N–H and O–H groups in total. The number of carboxylic acid groups (broad SMARTS) is 1. The molecule has 0 spiro atoms. The number of aryl methyl sites for hydroxylation is 1. The van der Waals surface area contributed by atoms with E-state index in [2.05, 4.69) is 45.0 Å². The second kappa shape index (κ2) is 11.3. The van der Waals surface area contributed by atoms with Gasteiger partial charge in [-0.15, -0.1) is 0 Å². The number of aliphatic hydroxyl groups is 1. The van der Waals surface area contributed by atoms with Crippen molar-refractivity contribution in [2.45, 2.75) is 38.5 Å². The first kappa shape index (κ1) is 25.8. The van der Waals surface area contributed by atoms with Gasteiger partial charge in [0.15, 0.2) is 0 Å². The molecule has 1 aliphatic heterocycles. The molecule has 0 saturated carbocycles. The SMILES string of the molecule is COc1ccc2c(/C=C/C(=O)O)ccc(C(O)CN3CCC(NCc4cn5cc(C)ccc5n4)CC3)c2n1. The Labute approximate surface area is 221 Å². The first-order valence-electron chi connectivity index (χ1n) is 12.9. The molecule has 9 heteroatoms. The van der Waals surface area contributed by atoms with Crippen molar-refractivity contribution in [1.82, 2.24) is 24.6 Å². The van der Waals surface area contributed by atoms with Crippen molar-refractivity contribution in [3.63, 3.8) is 0 Å². The van der Waals surface area contributed by atoms with E-state index < -0.39 is 12.1 Å². The van der Waals surface area contributed by atoms with Gasteiger partial charge in [-0.3, -0.25) is 0 Å². The highest BCUT2D eigenvalue weighted by Gasteiger charge is 2.23. The predicted molar refractivity (Wildman–Crippen MR) is 146 cm³/mol. The minimum atomic E-state index is -1.02. The molecule has 5 rings (SSSR count). The Kier molecular flexibility index (Phi) is 7.69. The van der Waals surface area contributed by atoms with Crippen LogP contribution in [-0.4, -0.2) is 68.2 Å². The molecule has 0 aliphatic carbocycles. The largest absolute Gasteiger partial charge is 0.481 e. The molecule has 1 unspecified atom stereocenters. The van der Waals surface area contributed by atoms with Crippen LogP contribution in [0.4, 0.5) is 0 Å². The Balaban J connectivity index is 1.21. The summed E-state index contributed by atoms with van der Waals surface area (Å²) in [5, 5.41) is 24.6. The van der Waals surface area contributed by atoms with Gasteiger partial charge in [0.1, 0.15) is 5.65 Å². The minimum Gasteiger partial charge on any atom is -0.481 e. The number of rotatable bonds is 9. The number of β-amino-alcohol motifs (C(OH)–C–C–N with tert-alkyl or cyclic N) is 1. The lowest BCUT2D eigenvalue weighted by atomic mass is 9.98. The number of piperidine rings is 1. The van der Waals surface area contributed by atoms with E-state index in [1.165, 1.54) is 5.56 Å². The summed E-state index contributed by atoms with van der Waals surface area (Å²) in [5.74, 6) is -0.576. The molecular formula is C29H33N5O4. The van der Waals surface area contributed by atoms with Gasteiger partial charge >= 0.3 is 5.97 Å². The summed E-state index contributed by atoms with van der Waals surface area (Å²) >= 11 is 0. The van der Waals surface area contributed by atoms with Gasteiger partial charge in [-0.2, -0.15) is 0 Å². The number of fused-ring (bicyclic) bond motifs is 2. The van der Waals surface area contributed by atoms with E-state index in [-0.39, 0.29) is 0 Å². The molecule has 1 aromatic carbocycles. The van der Waals surface area contributed by atoms with Gasteiger partial charge < -0.3 is 29.6 Å². The summed E-state index contributed by atoms with van der Waals surface area (Å²) in [6, 6.07) is 11.8. The number of pyridine rings is 2. The zero-order chi connectivity index (χ0) is 26.6. The van der Waals surface area contributed by atoms with Crippen LogP contribution in [0.2, 0.25) is 0 Å². The maximum absolute atomic E-state index is 11.2. The molecule has 4 heterocycles. The molecule has 38 heavy (non-hydrogen) atoms. The molecule has 0 amide bonds. The van der Waals surface area contributed by atoms with Gasteiger partial charge in [0, 0.05) is 54.6 Å². The van der Waals surface area contributed by atoms with E-state index in [4.69, 9.17) is 14.8 Å². The molecule has 1 aliphatic rings. The number of likely N-dealkylation sites (tertiary alicyclic amines) is 1. The standard InChI is InChI=1S/C29H33N5O4/c1-19-3-8-26-31-22(17-34(26)16-19)15-30-21-11-13-33(14-12-21)18-25(35)24-6-4-20(5-10-28(36)37)23-7-9-27(38-2)32-29(23)24/h3-10,16-17,21,25,30,35H,11-15,18H2,1-2H3,(H,36,37)/b10-5+. The normalized spacial score (nSPS) is 16.0. The average molecular weight is 516 g/mol. The van der Waals surface area contributed by atoms with Crippen LogP contribution in [0, 0.1) is 6.92 Å². The maximum atomic E-state index is 11.2. The zero-order valence-electron chi connectivity index (χ0n) is 21.7. The van der Waals surface area contributed by atoms with Crippen molar-refractivity contribution in [3.05, 3.63) is 77.3 Å². The number of benzene rings is 1. The average Bonchev–Trinajstić information content (AvgIpc) is 3.32. The quantitative estimate of drug-likeness (QED) is 0.290. The summed E-state index contributed by atoms with van der Waals surface area (Å²) in [5.41, 5.74) is 5.24. The number of carbonyl (C=O) groups is 1. The Morgan fingerprint density at radius 2 is 1.97 bits per heavy atom. The Morgan fingerprint density at radius 3 is 2.74 bits per heavy atom. The first-order valence-corrected chi connectivity index (χ1v) is 12.9. The highest BCUT2D eigenvalue weighted by atomic mass is 16.5. The number of nitrogens with zero attached hydrogens (tertiary/aromatic N) is 4. The number of imidazole rings is 1. The van der Waals surface area contributed by atoms with Gasteiger partial charge in [0.2, 0.25) is 5.88 Å². The van der Waals surface area contributed by atoms with E-state index >= 15 is 0 Å². The lowest BCUT2D eigenvalue weighted by molar-refractivity contribution is -0.131. The number of ether oxygens (including phenoxy) is 1. The summed E-state index contributed by atoms with van der Waals surface area (Å²) < 4.78 is 7.37. The second-order valence-corrected chi connectivity index (χ2v) is 9.84. The monoisotopic (exact) mass is 515 g/mol. The number of aliphatic hydroxyl groups excluding tert-OH is 1. The molecule has 4 aromatic rings. The zero-order valence-corrected chi connectivity index (χ0v) is 21.7. The highest BCUT2D eigenvalue weighted by molar-refractivity contribution is 5.94. The van der Waals surface area contributed by atoms with Crippen LogP contribution in [0.5, 0.6) is 5.88 Å². The van der Waals surface area contributed by atoms with Crippen LogP contribution in [-0.2, 0) is 11.3 Å². The lowest BCUT2D eigenvalue weighted by Gasteiger charge is -2.33. The van der Waals surface area contributed by atoms with E-state index in [0.717, 1.165) is 60.8 Å². The van der Waals surface area contributed by atoms with Gasteiger partial charge in [-0.25, -0.2) is 14.8 Å². The molecule has 9 nitrogen and oxygen atoms in total. The van der Waals surface area contributed by atoms with Crippen LogP contribution in [0.25, 0.3) is 22.6 Å². The Hall–Kier alpha value is -3.79. The number of carboxylic acids is 1. The summed E-state index contributed by atoms with van der Waals surface area (Å²) in [6.07, 6.45) is 8.06. The number of aromatic nitrogens is 3. The fraction of sp³-hybridized carbons (Fsp3) is 0.345. The first-order chi connectivity index (χ1) is 18.4. The van der Waals surface area contributed by atoms with Crippen molar-refractivity contribution in [2.24, 2.45) is 0 Å². The van der Waals surface area contributed by atoms with Crippen molar-refractivity contribution in [3.8, 4) is 5.88 Å². The van der Waals surface area contributed by atoms with Crippen LogP contribution >= 0.6 is 0 Å². The minimum absolute atomic E-state index is 0.405. The lowest BCUT2D eigenvalue weighted by Crippen LogP contribution is -2.43. The van der Waals surface area contributed by atoms with Crippen molar-refractivity contribution in [1.29, 1.82) is 0 Å². The fourth-order valence-corrected chi connectivity index (χ4v) is 5.08. The third-order valence-corrected chi connectivity index (χ3v) is 7.11. The van der Waals surface area contributed by atoms with Crippen LogP contribution < -0.4 is 10.1 Å². The van der Waals surface area contributed by atoms with Crippen molar-refractivity contribution >= 4 is 28.6 Å².